The average molecular weight is 676 g/mol. The fourth-order valence-corrected chi connectivity index (χ4v) is 9.24. The molecule has 1 aromatic rings. The van der Waals surface area contributed by atoms with E-state index in [1.165, 1.54) is 19.0 Å². The molecular weight excluding hydrogens is 631 g/mol. The second-order valence-corrected chi connectivity index (χ2v) is 15.1. The number of benzene rings is 1. The van der Waals surface area contributed by atoms with E-state index in [0.717, 1.165) is 57.4 Å². The molecule has 4 fully saturated rings. The van der Waals surface area contributed by atoms with Gasteiger partial charge >= 0.3 is 6.18 Å². The number of carbonyl (C=O) groups excluding carboxylic acids is 5. The standard InChI is InChI=1S/C35H44F3N3O7/c1-40(2)28-22-12-19-11-21-25(29(43)24(19)31(45)34(22,48)32(46)26(30(28)44)33(39)47)23(42)13-20(27(21)35(36,37)38)16-41(15-18-9-10-18)14-17-7-5-3-4-6-8-17/h13,17-19,22,24,26,28,42,48H,3-12,14-16H2,1-2H3,(H2,39,47)/t19-,22-,24?,26?,28-,34-/m0/s1. The summed E-state index contributed by atoms with van der Waals surface area (Å²) in [5.74, 6) is -12.4. The number of aromatic hydroxyl groups is 1. The van der Waals surface area contributed by atoms with Crippen molar-refractivity contribution in [3.05, 3.63) is 28.3 Å². The molecule has 6 atom stereocenters. The highest BCUT2D eigenvalue weighted by molar-refractivity contribution is 6.32. The molecule has 262 valence electrons. The molecule has 0 radical (unpaired) electrons. The number of hydrogen-bond acceptors (Lipinski definition) is 9. The maximum Gasteiger partial charge on any atom is 0.417 e. The van der Waals surface area contributed by atoms with Crippen molar-refractivity contribution < 1.29 is 47.4 Å². The van der Waals surface area contributed by atoms with Gasteiger partial charge < -0.3 is 15.9 Å². The maximum absolute atomic E-state index is 15.1. The van der Waals surface area contributed by atoms with E-state index in [2.05, 4.69) is 4.90 Å². The van der Waals surface area contributed by atoms with Crippen LogP contribution in [0.4, 0.5) is 13.2 Å². The fourth-order valence-electron chi connectivity index (χ4n) is 9.24. The van der Waals surface area contributed by atoms with Crippen LogP contribution < -0.4 is 5.73 Å². The van der Waals surface area contributed by atoms with Gasteiger partial charge in [-0.2, -0.15) is 13.2 Å². The number of ketones is 4. The second kappa shape index (κ2) is 12.6. The summed E-state index contributed by atoms with van der Waals surface area (Å²) in [6.45, 7) is 1.22. The van der Waals surface area contributed by atoms with Crippen molar-refractivity contribution in [2.45, 2.75) is 88.6 Å². The molecule has 0 aliphatic heterocycles. The van der Waals surface area contributed by atoms with Crippen molar-refractivity contribution in [3.63, 3.8) is 0 Å². The maximum atomic E-state index is 15.1. The number of phenolic OH excluding ortho intramolecular Hbond substituents is 1. The van der Waals surface area contributed by atoms with Crippen LogP contribution in [-0.4, -0.2) is 87.9 Å². The minimum absolute atomic E-state index is 0.0630. The summed E-state index contributed by atoms with van der Waals surface area (Å²) >= 11 is 0. The summed E-state index contributed by atoms with van der Waals surface area (Å²) in [6.07, 6.45) is 2.88. The molecular formula is C35H44F3N3O7. The first kappa shape index (κ1) is 34.7. The Bertz CT molecular complexity index is 1530. The first-order valence-corrected chi connectivity index (χ1v) is 17.1. The molecule has 6 rings (SSSR count). The Hall–Kier alpha value is -3.16. The minimum atomic E-state index is -4.90. The molecule has 5 aliphatic rings. The van der Waals surface area contributed by atoms with E-state index in [9.17, 15) is 34.2 Å². The molecule has 4 saturated carbocycles. The monoisotopic (exact) mass is 675 g/mol. The highest BCUT2D eigenvalue weighted by Gasteiger charge is 2.69. The van der Waals surface area contributed by atoms with E-state index in [-0.39, 0.29) is 18.5 Å². The number of phenols is 1. The molecule has 0 aromatic heterocycles. The number of alkyl halides is 3. The van der Waals surface area contributed by atoms with Gasteiger partial charge in [-0.1, -0.05) is 25.7 Å². The van der Waals surface area contributed by atoms with Crippen LogP contribution in [0.15, 0.2) is 6.07 Å². The number of aliphatic hydroxyl groups is 1. The second-order valence-electron chi connectivity index (χ2n) is 15.1. The minimum Gasteiger partial charge on any atom is -0.507 e. The van der Waals surface area contributed by atoms with Crippen molar-refractivity contribution in [1.29, 1.82) is 0 Å². The number of hydrogen-bond donors (Lipinski definition) is 3. The summed E-state index contributed by atoms with van der Waals surface area (Å²) in [5, 5.41) is 22.9. The first-order valence-electron chi connectivity index (χ1n) is 17.1. The fraction of sp³-hybridized carbons (Fsp3) is 0.686. The van der Waals surface area contributed by atoms with Crippen LogP contribution in [0.5, 0.6) is 5.75 Å². The van der Waals surface area contributed by atoms with Crippen LogP contribution >= 0.6 is 0 Å². The highest BCUT2D eigenvalue weighted by Crippen LogP contribution is 2.53. The predicted molar refractivity (Wildman–Crippen MR) is 166 cm³/mol. The predicted octanol–water partition coefficient (Wildman–Crippen LogP) is 3.07. The first-order chi connectivity index (χ1) is 22.5. The topological polar surface area (TPSA) is 158 Å². The van der Waals surface area contributed by atoms with E-state index in [1.54, 1.807) is 0 Å². The SMILES string of the molecule is CN(C)[C@@H]1C(=O)C(C(N)=O)C(=O)[C@@]2(O)C(=O)C3C(=O)c4c(O)cc(CN(CC5CCCCCC5)CC5CC5)c(C(F)(F)F)c4C[C@H]3C[C@@H]12. The number of fused-ring (bicyclic) bond motifs is 3. The number of carbonyl (C=O) groups is 5. The molecule has 1 aromatic carbocycles. The summed E-state index contributed by atoms with van der Waals surface area (Å²) < 4.78 is 45.3. The van der Waals surface area contributed by atoms with Gasteiger partial charge in [0.25, 0.3) is 0 Å². The molecule has 1 amide bonds. The molecule has 2 unspecified atom stereocenters. The number of nitrogens with zero attached hydrogens (tertiary/aromatic N) is 2. The quantitative estimate of drug-likeness (QED) is 0.278. The van der Waals surface area contributed by atoms with Gasteiger partial charge in [-0.3, -0.25) is 33.8 Å². The Morgan fingerprint density at radius 1 is 0.979 bits per heavy atom. The van der Waals surface area contributed by atoms with Gasteiger partial charge in [-0.25, -0.2) is 0 Å². The summed E-state index contributed by atoms with van der Waals surface area (Å²) in [4.78, 5) is 70.4. The highest BCUT2D eigenvalue weighted by atomic mass is 19.4. The number of rotatable bonds is 8. The number of Topliss-reactive ketones (excluding diaryl/α,β-unsaturated/α-hetero) is 4. The Morgan fingerprint density at radius 2 is 1.58 bits per heavy atom. The van der Waals surface area contributed by atoms with Gasteiger partial charge in [0.1, 0.15) is 5.75 Å². The molecule has 0 saturated heterocycles. The Balaban J connectivity index is 1.40. The van der Waals surface area contributed by atoms with Gasteiger partial charge in [-0.05, 0) is 87.6 Å². The molecule has 4 N–H and O–H groups in total. The normalized spacial score (nSPS) is 31.5. The van der Waals surface area contributed by atoms with E-state index < -0.39 is 99.4 Å². The summed E-state index contributed by atoms with van der Waals surface area (Å²) in [5.41, 5.74) is 0.195. The lowest BCUT2D eigenvalue weighted by Crippen LogP contribution is -2.74. The molecule has 0 heterocycles. The summed E-state index contributed by atoms with van der Waals surface area (Å²) in [6, 6.07) is -0.360. The van der Waals surface area contributed by atoms with Gasteiger partial charge in [-0.15, -0.1) is 0 Å². The Morgan fingerprint density at radius 3 is 2.12 bits per heavy atom. The molecule has 48 heavy (non-hydrogen) atoms. The third-order valence-corrected chi connectivity index (χ3v) is 11.5. The smallest absolute Gasteiger partial charge is 0.417 e. The number of likely N-dealkylation sites (N-methyl/N-ethyl adjacent to an activating group) is 1. The van der Waals surface area contributed by atoms with Gasteiger partial charge in [0.15, 0.2) is 34.7 Å². The Kier molecular flexibility index (Phi) is 9.12. The lowest BCUT2D eigenvalue weighted by Gasteiger charge is -2.52. The van der Waals surface area contributed by atoms with Crippen LogP contribution in [0, 0.1) is 35.5 Å². The van der Waals surface area contributed by atoms with Crippen molar-refractivity contribution in [2.75, 3.05) is 27.2 Å². The van der Waals surface area contributed by atoms with Crippen LogP contribution in [0.1, 0.15) is 84.8 Å². The van der Waals surface area contributed by atoms with Crippen LogP contribution in [0.3, 0.4) is 0 Å². The number of amides is 1. The van der Waals surface area contributed by atoms with Crippen LogP contribution in [-0.2, 0) is 38.3 Å². The number of halogens is 3. The third kappa shape index (κ3) is 5.89. The molecule has 13 heteroatoms. The van der Waals surface area contributed by atoms with Crippen molar-refractivity contribution in [1.82, 2.24) is 9.80 Å². The zero-order chi connectivity index (χ0) is 34.9. The molecule has 5 aliphatic carbocycles. The van der Waals surface area contributed by atoms with Crippen molar-refractivity contribution in [3.8, 4) is 5.75 Å². The van der Waals surface area contributed by atoms with Crippen molar-refractivity contribution in [2.24, 2.45) is 41.2 Å². The lowest BCUT2D eigenvalue weighted by atomic mass is 9.52. The third-order valence-electron chi connectivity index (χ3n) is 11.5. The zero-order valence-corrected chi connectivity index (χ0v) is 27.4. The van der Waals surface area contributed by atoms with E-state index in [4.69, 9.17) is 5.73 Å². The van der Waals surface area contributed by atoms with Crippen molar-refractivity contribution >= 4 is 29.0 Å². The molecule has 0 bridgehead atoms. The Labute approximate surface area is 277 Å². The zero-order valence-electron chi connectivity index (χ0n) is 27.4. The van der Waals surface area contributed by atoms with E-state index in [1.807, 2.05) is 0 Å². The number of nitrogens with two attached hydrogens (primary N) is 1. The van der Waals surface area contributed by atoms with Gasteiger partial charge in [0, 0.05) is 25.6 Å². The van der Waals surface area contributed by atoms with Gasteiger partial charge in [0.2, 0.25) is 5.91 Å². The van der Waals surface area contributed by atoms with Crippen LogP contribution in [0.2, 0.25) is 0 Å². The van der Waals surface area contributed by atoms with E-state index in [0.29, 0.717) is 24.9 Å². The average Bonchev–Trinajstić information content (AvgIpc) is 3.82. The van der Waals surface area contributed by atoms with Crippen LogP contribution in [0.25, 0.3) is 0 Å². The molecule has 10 nitrogen and oxygen atoms in total. The lowest BCUT2D eigenvalue weighted by molar-refractivity contribution is -0.181. The van der Waals surface area contributed by atoms with Gasteiger partial charge in [0.05, 0.1) is 23.1 Å². The number of primary amides is 1. The summed E-state index contributed by atoms with van der Waals surface area (Å²) in [7, 11) is 2.90. The largest absolute Gasteiger partial charge is 0.507 e. The molecule has 0 spiro atoms. The van der Waals surface area contributed by atoms with E-state index >= 15 is 13.2 Å².